The third-order valence-corrected chi connectivity index (χ3v) is 7.38. The summed E-state index contributed by atoms with van der Waals surface area (Å²) >= 11 is 0. The zero-order chi connectivity index (χ0) is 22.7. The summed E-state index contributed by atoms with van der Waals surface area (Å²) in [6, 6.07) is 8.15. The van der Waals surface area contributed by atoms with Crippen LogP contribution < -0.4 is 10.8 Å². The molecule has 3 aliphatic rings. The van der Waals surface area contributed by atoms with Crippen molar-refractivity contribution in [2.75, 3.05) is 11.9 Å². The van der Waals surface area contributed by atoms with E-state index < -0.39 is 7.12 Å². The lowest BCUT2D eigenvalue weighted by molar-refractivity contribution is -0.129. The quantitative estimate of drug-likeness (QED) is 0.729. The van der Waals surface area contributed by atoms with Crippen molar-refractivity contribution in [3.63, 3.8) is 0 Å². The van der Waals surface area contributed by atoms with Gasteiger partial charge in [-0.3, -0.25) is 9.48 Å². The predicted octanol–water partition coefficient (Wildman–Crippen LogP) is 3.24. The first-order chi connectivity index (χ1) is 15.1. The number of nitrogens with one attached hydrogen (secondary N) is 1. The second kappa shape index (κ2) is 7.63. The Labute approximate surface area is 190 Å². The average molecular weight is 436 g/mol. The Bertz CT molecular complexity index is 1030. The molecule has 1 amide bonds. The molecule has 0 spiro atoms. The molecule has 1 saturated carbocycles. The van der Waals surface area contributed by atoms with Crippen LogP contribution in [0, 0.1) is 5.92 Å². The molecule has 2 fully saturated rings. The van der Waals surface area contributed by atoms with E-state index in [1.165, 1.54) is 18.5 Å². The highest BCUT2D eigenvalue weighted by atomic mass is 16.7. The number of fused-ring (bicyclic) bond motifs is 1. The van der Waals surface area contributed by atoms with Gasteiger partial charge >= 0.3 is 7.12 Å². The van der Waals surface area contributed by atoms with E-state index in [2.05, 4.69) is 43.8 Å². The fraction of sp³-hybridized carbons (Fsp3) is 0.583. The maximum absolute atomic E-state index is 12.0. The summed E-state index contributed by atoms with van der Waals surface area (Å²) in [5, 5.41) is 8.47. The molecule has 0 bridgehead atoms. The van der Waals surface area contributed by atoms with E-state index in [4.69, 9.17) is 14.4 Å². The molecule has 1 aliphatic carbocycles. The molecule has 8 heteroatoms. The van der Waals surface area contributed by atoms with Gasteiger partial charge in [-0.15, -0.1) is 0 Å². The van der Waals surface area contributed by atoms with Crippen LogP contribution in [0.1, 0.15) is 58.7 Å². The highest BCUT2D eigenvalue weighted by molar-refractivity contribution is 6.62. The lowest BCUT2D eigenvalue weighted by atomic mass is 9.79. The van der Waals surface area contributed by atoms with Gasteiger partial charge in [0.1, 0.15) is 0 Å². The second-order valence-electron chi connectivity index (χ2n) is 10.4. The smallest absolute Gasteiger partial charge is 0.399 e. The predicted molar refractivity (Wildman–Crippen MR) is 125 cm³/mol. The van der Waals surface area contributed by atoms with E-state index in [1.54, 1.807) is 6.92 Å². The minimum Gasteiger partial charge on any atom is -0.399 e. The van der Waals surface area contributed by atoms with Gasteiger partial charge in [-0.1, -0.05) is 12.1 Å². The molecular formula is C24H33BN4O3. The van der Waals surface area contributed by atoms with Gasteiger partial charge in [-0.05, 0) is 64.1 Å². The molecule has 7 nitrogen and oxygen atoms in total. The number of rotatable bonds is 5. The van der Waals surface area contributed by atoms with E-state index in [1.807, 2.05) is 23.1 Å². The number of hydrogen-bond donors (Lipinski definition) is 1. The summed E-state index contributed by atoms with van der Waals surface area (Å²) < 4.78 is 14.6. The molecule has 1 aromatic heterocycles. The molecule has 2 aliphatic heterocycles. The highest BCUT2D eigenvalue weighted by Crippen LogP contribution is 2.37. The molecule has 2 aromatic rings. The van der Waals surface area contributed by atoms with Gasteiger partial charge in [0.2, 0.25) is 5.91 Å². The van der Waals surface area contributed by atoms with Gasteiger partial charge in [0.25, 0.3) is 0 Å². The van der Waals surface area contributed by atoms with Crippen LogP contribution in [-0.2, 0) is 33.6 Å². The van der Waals surface area contributed by atoms with Crippen LogP contribution in [0.5, 0.6) is 0 Å². The molecule has 170 valence electrons. The second-order valence-corrected chi connectivity index (χ2v) is 10.4. The van der Waals surface area contributed by atoms with Crippen LogP contribution >= 0.6 is 0 Å². The lowest BCUT2D eigenvalue weighted by Crippen LogP contribution is -2.41. The molecule has 1 saturated heterocycles. The first-order valence-corrected chi connectivity index (χ1v) is 11.7. The molecule has 1 N–H and O–H groups in total. The van der Waals surface area contributed by atoms with E-state index >= 15 is 0 Å². The van der Waals surface area contributed by atoms with Crippen molar-refractivity contribution < 1.29 is 14.1 Å². The topological polar surface area (TPSA) is 68.6 Å². The fourth-order valence-corrected chi connectivity index (χ4v) is 4.43. The third-order valence-electron chi connectivity index (χ3n) is 7.38. The van der Waals surface area contributed by atoms with Crippen LogP contribution in [-0.4, -0.2) is 45.5 Å². The molecule has 1 aromatic carbocycles. The van der Waals surface area contributed by atoms with Crippen molar-refractivity contribution in [2.45, 2.75) is 78.2 Å². The van der Waals surface area contributed by atoms with E-state index in [-0.39, 0.29) is 17.1 Å². The Morgan fingerprint density at radius 1 is 1.22 bits per heavy atom. The Morgan fingerprint density at radius 3 is 2.59 bits per heavy atom. The van der Waals surface area contributed by atoms with Crippen LogP contribution in [0.4, 0.5) is 11.5 Å². The third kappa shape index (κ3) is 3.95. The lowest BCUT2D eigenvalue weighted by Gasteiger charge is -2.32. The van der Waals surface area contributed by atoms with E-state index in [0.717, 1.165) is 48.0 Å². The Kier molecular flexibility index (Phi) is 5.13. The Morgan fingerprint density at radius 2 is 1.94 bits per heavy atom. The molecule has 0 atom stereocenters. The highest BCUT2D eigenvalue weighted by Gasteiger charge is 2.51. The molecule has 0 radical (unpaired) electrons. The molecule has 0 unspecified atom stereocenters. The number of nitrogens with zero attached hydrogens (tertiary/aromatic N) is 3. The SMILES string of the molecule is CC(=O)N1CCc2c(c(Nc3cccc(B4OC(C)(C)C(C)(C)O4)c3)nn2CC2CC2)C1. The minimum atomic E-state index is -0.406. The summed E-state index contributed by atoms with van der Waals surface area (Å²) in [5.41, 5.74) is 3.56. The van der Waals surface area contributed by atoms with Crippen molar-refractivity contribution in [1.82, 2.24) is 14.7 Å². The monoisotopic (exact) mass is 436 g/mol. The first-order valence-electron chi connectivity index (χ1n) is 11.7. The largest absolute Gasteiger partial charge is 0.494 e. The number of benzene rings is 1. The Balaban J connectivity index is 1.41. The maximum Gasteiger partial charge on any atom is 0.494 e. The fourth-order valence-electron chi connectivity index (χ4n) is 4.43. The standard InChI is InChI=1S/C24H33BN4O3/c1-16(30)28-12-11-21-20(15-28)22(27-29(21)14-17-9-10-17)26-19-8-6-7-18(13-19)25-31-23(2,3)24(4,5)32-25/h6-8,13,17H,9-12,14-15H2,1-5H3,(H,26,27). The molecular weight excluding hydrogens is 403 g/mol. The van der Waals surface area contributed by atoms with E-state index in [0.29, 0.717) is 6.54 Å². The van der Waals surface area contributed by atoms with Crippen LogP contribution in [0.15, 0.2) is 24.3 Å². The normalized spacial score (nSPS) is 21.5. The van der Waals surface area contributed by atoms with Crippen molar-refractivity contribution in [1.29, 1.82) is 0 Å². The van der Waals surface area contributed by atoms with Gasteiger partial charge in [0, 0.05) is 43.4 Å². The summed E-state index contributed by atoms with van der Waals surface area (Å²) in [5.74, 6) is 1.70. The maximum atomic E-state index is 12.0. The summed E-state index contributed by atoms with van der Waals surface area (Å²) in [6.45, 7) is 12.2. The number of hydrogen-bond acceptors (Lipinski definition) is 5. The number of anilines is 2. The molecule has 5 rings (SSSR count). The van der Waals surface area contributed by atoms with Crippen molar-refractivity contribution >= 4 is 30.0 Å². The molecule has 3 heterocycles. The van der Waals surface area contributed by atoms with Crippen LogP contribution in [0.3, 0.4) is 0 Å². The first kappa shape index (κ1) is 21.5. The van der Waals surface area contributed by atoms with Crippen molar-refractivity contribution in [3.05, 3.63) is 35.5 Å². The number of aromatic nitrogens is 2. The summed E-state index contributed by atoms with van der Waals surface area (Å²) in [6.07, 6.45) is 3.42. The summed E-state index contributed by atoms with van der Waals surface area (Å²) in [4.78, 5) is 13.9. The average Bonchev–Trinajstić information content (AvgIpc) is 3.44. The summed E-state index contributed by atoms with van der Waals surface area (Å²) in [7, 11) is -0.406. The van der Waals surface area contributed by atoms with Crippen LogP contribution in [0.25, 0.3) is 0 Å². The molecule has 32 heavy (non-hydrogen) atoms. The minimum absolute atomic E-state index is 0.110. The van der Waals surface area contributed by atoms with Gasteiger partial charge in [0.05, 0.1) is 17.7 Å². The zero-order valence-electron chi connectivity index (χ0n) is 19.8. The number of carbonyl (C=O) groups excluding carboxylic acids is 1. The van der Waals surface area contributed by atoms with Gasteiger partial charge < -0.3 is 19.5 Å². The number of carbonyl (C=O) groups is 1. The Hall–Kier alpha value is -2.32. The zero-order valence-corrected chi connectivity index (χ0v) is 19.8. The van der Waals surface area contributed by atoms with Gasteiger partial charge in [-0.25, -0.2) is 0 Å². The van der Waals surface area contributed by atoms with E-state index in [9.17, 15) is 4.79 Å². The van der Waals surface area contributed by atoms with Crippen molar-refractivity contribution in [2.24, 2.45) is 5.92 Å². The van der Waals surface area contributed by atoms with Gasteiger partial charge in [-0.2, -0.15) is 5.10 Å². The van der Waals surface area contributed by atoms with Gasteiger partial charge in [0.15, 0.2) is 5.82 Å². The number of amides is 1. The van der Waals surface area contributed by atoms with Crippen LogP contribution in [0.2, 0.25) is 0 Å². The van der Waals surface area contributed by atoms with Crippen molar-refractivity contribution in [3.8, 4) is 0 Å².